The molecule has 1 aliphatic rings. The van der Waals surface area contributed by atoms with Crippen molar-refractivity contribution >= 4 is 11.7 Å². The van der Waals surface area contributed by atoms with Crippen LogP contribution in [0.1, 0.15) is 0 Å². The summed E-state index contributed by atoms with van der Waals surface area (Å²) in [4.78, 5) is 0. The fraction of sp³-hybridized carbons (Fsp3) is 0. The van der Waals surface area contributed by atoms with Crippen molar-refractivity contribution in [3.8, 4) is 0 Å². The van der Waals surface area contributed by atoms with E-state index in [9.17, 15) is 4.39 Å². The molecule has 0 atom stereocenters. The molecule has 1 aromatic carbocycles. The Morgan fingerprint density at radius 2 is 2.08 bits per heavy atom. The van der Waals surface area contributed by atoms with Gasteiger partial charge in [-0.3, -0.25) is 5.43 Å². The van der Waals surface area contributed by atoms with Crippen molar-refractivity contribution in [3.05, 3.63) is 42.6 Å². The van der Waals surface area contributed by atoms with E-state index < -0.39 is 5.97 Å². The first kappa shape index (κ1) is 7.79. The molecule has 13 heavy (non-hydrogen) atoms. The van der Waals surface area contributed by atoms with Gasteiger partial charge in [-0.05, 0) is 12.1 Å². The average molecular weight is 176 g/mol. The number of hydrazine groups is 1. The Kier molecular flexibility index (Phi) is 1.96. The largest absolute Gasteiger partial charge is 0.275 e. The molecule has 0 bridgehead atoms. The Balaban J connectivity index is 2.24. The summed E-state index contributed by atoms with van der Waals surface area (Å²) >= 11 is 0. The second kappa shape index (κ2) is 3.26. The number of hydrogen-bond acceptors (Lipinski definition) is 3. The third-order valence-electron chi connectivity index (χ3n) is 1.56. The lowest BCUT2D eigenvalue weighted by atomic mass is 10.3. The van der Waals surface area contributed by atoms with Gasteiger partial charge in [-0.2, -0.15) is 9.51 Å². The number of hydrogen-bond donors (Lipinski definition) is 1. The zero-order valence-electron chi connectivity index (χ0n) is 6.74. The van der Waals surface area contributed by atoms with E-state index in [1.807, 2.05) is 30.3 Å². The van der Waals surface area contributed by atoms with E-state index in [-0.39, 0.29) is 0 Å². The first-order valence-electron chi connectivity index (χ1n) is 3.80. The van der Waals surface area contributed by atoms with Crippen molar-refractivity contribution in [2.45, 2.75) is 0 Å². The van der Waals surface area contributed by atoms with E-state index in [1.54, 1.807) is 0 Å². The van der Waals surface area contributed by atoms with Crippen LogP contribution < -0.4 is 10.5 Å². The van der Waals surface area contributed by atoms with E-state index in [4.69, 9.17) is 0 Å². The molecular weight excluding hydrogens is 169 g/mol. The van der Waals surface area contributed by atoms with Crippen LogP contribution >= 0.6 is 0 Å². The van der Waals surface area contributed by atoms with Crippen LogP contribution in [0, 0.1) is 6.20 Å². The molecule has 4 heteroatoms. The second-order valence-corrected chi connectivity index (χ2v) is 2.47. The lowest BCUT2D eigenvalue weighted by molar-refractivity contribution is 0.703. The maximum absolute atomic E-state index is 12.7. The Morgan fingerprint density at radius 3 is 2.77 bits per heavy atom. The van der Waals surface area contributed by atoms with Crippen LogP contribution in [0.15, 0.2) is 41.5 Å². The third-order valence-corrected chi connectivity index (χ3v) is 1.56. The molecule has 65 valence electrons. The summed E-state index contributed by atoms with van der Waals surface area (Å²) in [6.07, 6.45) is 3.67. The minimum absolute atomic E-state index is 0.567. The molecule has 1 aliphatic heterocycles. The second-order valence-electron chi connectivity index (χ2n) is 2.47. The molecule has 0 aromatic heterocycles. The molecule has 1 radical (unpaired) electrons. The highest BCUT2D eigenvalue weighted by atomic mass is 19.1. The van der Waals surface area contributed by atoms with Crippen LogP contribution in [0.4, 0.5) is 10.1 Å². The lowest BCUT2D eigenvalue weighted by Gasteiger charge is -2.19. The Hall–Kier alpha value is -1.84. The number of hydrazone groups is 1. The maximum Gasteiger partial charge on any atom is 0.235 e. The van der Waals surface area contributed by atoms with E-state index in [1.165, 1.54) is 5.12 Å². The predicted molar refractivity (Wildman–Crippen MR) is 48.4 cm³/mol. The normalized spacial score (nSPS) is 15.2. The van der Waals surface area contributed by atoms with Gasteiger partial charge < -0.3 is 0 Å². The number of para-hydroxylation sites is 1. The van der Waals surface area contributed by atoms with Gasteiger partial charge in [0.15, 0.2) is 0 Å². The summed E-state index contributed by atoms with van der Waals surface area (Å²) in [6, 6.07) is 9.21. The van der Waals surface area contributed by atoms with Gasteiger partial charge in [-0.25, -0.2) is 0 Å². The van der Waals surface area contributed by atoms with Gasteiger partial charge in [0.2, 0.25) is 5.97 Å². The smallest absolute Gasteiger partial charge is 0.235 e. The standard InChI is InChI=1S/C9H7FN3/c10-9-6-7-11-13(12-9)8-4-2-1-3-5-8/h1-6,11H. The van der Waals surface area contributed by atoms with E-state index in [0.29, 0.717) is 0 Å². The van der Waals surface area contributed by atoms with Crippen molar-refractivity contribution in [1.29, 1.82) is 0 Å². The number of allylic oxidation sites excluding steroid dienone is 1. The molecule has 1 N–H and O–H groups in total. The summed E-state index contributed by atoms with van der Waals surface area (Å²) in [5, 5.41) is 4.92. The SMILES string of the molecule is FC1=NN(c2ccccc2)N[C]=C1. The van der Waals surface area contributed by atoms with E-state index in [0.717, 1.165) is 11.8 Å². The molecule has 0 amide bonds. The number of rotatable bonds is 1. The van der Waals surface area contributed by atoms with Gasteiger partial charge in [-0.15, -0.1) is 5.10 Å². The summed E-state index contributed by atoms with van der Waals surface area (Å²) < 4.78 is 12.7. The van der Waals surface area contributed by atoms with Gasteiger partial charge in [0.05, 0.1) is 11.9 Å². The molecule has 2 rings (SSSR count). The number of halogens is 1. The highest BCUT2D eigenvalue weighted by Gasteiger charge is 2.07. The zero-order chi connectivity index (χ0) is 9.10. The number of nitrogens with one attached hydrogen (secondary N) is 1. The van der Waals surface area contributed by atoms with E-state index in [2.05, 4.69) is 16.7 Å². The fourth-order valence-electron chi connectivity index (χ4n) is 0.994. The van der Waals surface area contributed by atoms with Crippen molar-refractivity contribution in [1.82, 2.24) is 5.43 Å². The van der Waals surface area contributed by atoms with Crippen molar-refractivity contribution < 1.29 is 4.39 Å². The molecule has 0 spiro atoms. The molecule has 3 nitrogen and oxygen atoms in total. The van der Waals surface area contributed by atoms with Gasteiger partial charge >= 0.3 is 0 Å². The Labute approximate surface area is 75.1 Å². The fourth-order valence-corrected chi connectivity index (χ4v) is 0.994. The molecule has 0 saturated carbocycles. The summed E-state index contributed by atoms with van der Waals surface area (Å²) in [7, 11) is 0. The highest BCUT2D eigenvalue weighted by molar-refractivity contribution is 5.87. The van der Waals surface area contributed by atoms with Crippen LogP contribution in [0.25, 0.3) is 0 Å². The highest BCUT2D eigenvalue weighted by Crippen LogP contribution is 2.12. The molecule has 1 aromatic rings. The molecule has 0 aliphatic carbocycles. The molecule has 0 fully saturated rings. The number of nitrogens with zero attached hydrogens (tertiary/aromatic N) is 2. The molecule has 1 heterocycles. The minimum atomic E-state index is -0.567. The molecule has 0 saturated heterocycles. The monoisotopic (exact) mass is 176 g/mol. The van der Waals surface area contributed by atoms with Crippen molar-refractivity contribution in [2.75, 3.05) is 5.12 Å². The number of benzene rings is 1. The first-order chi connectivity index (χ1) is 6.36. The Morgan fingerprint density at radius 1 is 1.31 bits per heavy atom. The van der Waals surface area contributed by atoms with Gasteiger partial charge in [-0.1, -0.05) is 18.2 Å². The number of anilines is 1. The van der Waals surface area contributed by atoms with Gasteiger partial charge in [0.1, 0.15) is 0 Å². The third kappa shape index (κ3) is 1.66. The topological polar surface area (TPSA) is 27.6 Å². The van der Waals surface area contributed by atoms with Crippen LogP contribution in [0.3, 0.4) is 0 Å². The average Bonchev–Trinajstić information content (AvgIpc) is 2.19. The molecular formula is C9H7FN3. The van der Waals surface area contributed by atoms with Crippen LogP contribution in [-0.2, 0) is 0 Å². The summed E-state index contributed by atoms with van der Waals surface area (Å²) in [6.45, 7) is 0. The Bertz CT molecular complexity index is 345. The quantitative estimate of drug-likeness (QED) is 0.704. The summed E-state index contributed by atoms with van der Waals surface area (Å²) in [5.74, 6) is -0.567. The van der Waals surface area contributed by atoms with Gasteiger partial charge in [0.25, 0.3) is 0 Å². The van der Waals surface area contributed by atoms with Crippen LogP contribution in [-0.4, -0.2) is 5.97 Å². The van der Waals surface area contributed by atoms with Crippen LogP contribution in [0.2, 0.25) is 0 Å². The lowest BCUT2D eigenvalue weighted by Crippen LogP contribution is -2.32. The van der Waals surface area contributed by atoms with E-state index >= 15 is 0 Å². The van der Waals surface area contributed by atoms with Crippen molar-refractivity contribution in [2.24, 2.45) is 5.10 Å². The first-order valence-corrected chi connectivity index (χ1v) is 3.80. The predicted octanol–water partition coefficient (Wildman–Crippen LogP) is 1.61. The van der Waals surface area contributed by atoms with Crippen LogP contribution in [0.5, 0.6) is 0 Å². The maximum atomic E-state index is 12.7. The minimum Gasteiger partial charge on any atom is -0.275 e. The zero-order valence-corrected chi connectivity index (χ0v) is 6.74. The molecule has 0 unspecified atom stereocenters. The van der Waals surface area contributed by atoms with Gasteiger partial charge in [0, 0.05) is 6.08 Å². The summed E-state index contributed by atoms with van der Waals surface area (Å²) in [5.41, 5.74) is 3.43. The van der Waals surface area contributed by atoms with Crippen molar-refractivity contribution in [3.63, 3.8) is 0 Å².